The Balaban J connectivity index is 1.76. The summed E-state index contributed by atoms with van der Waals surface area (Å²) in [5, 5.41) is 3.33. The standard InChI is InChI=1S/C13H24N2O2/c1-2-6-14-12-5-7-15(13(12)16)9-11-4-3-8-17-10-11/h11-12,14H,2-10H2,1H3. The van der Waals surface area contributed by atoms with Crippen molar-refractivity contribution < 1.29 is 9.53 Å². The van der Waals surface area contributed by atoms with E-state index in [9.17, 15) is 4.79 Å². The molecule has 2 saturated heterocycles. The van der Waals surface area contributed by atoms with Crippen LogP contribution in [0.4, 0.5) is 0 Å². The molecule has 2 fully saturated rings. The molecule has 2 heterocycles. The van der Waals surface area contributed by atoms with Crippen molar-refractivity contribution in [2.75, 3.05) is 32.8 Å². The van der Waals surface area contributed by atoms with Gasteiger partial charge in [0, 0.05) is 19.7 Å². The van der Waals surface area contributed by atoms with E-state index in [1.807, 2.05) is 4.90 Å². The lowest BCUT2D eigenvalue weighted by atomic mass is 10.0. The molecule has 0 aromatic heterocycles. The number of nitrogens with one attached hydrogen (secondary N) is 1. The molecule has 98 valence electrons. The van der Waals surface area contributed by atoms with E-state index < -0.39 is 0 Å². The van der Waals surface area contributed by atoms with E-state index in [0.29, 0.717) is 11.8 Å². The van der Waals surface area contributed by atoms with Gasteiger partial charge in [0.05, 0.1) is 12.6 Å². The monoisotopic (exact) mass is 240 g/mol. The Morgan fingerprint density at radius 2 is 2.35 bits per heavy atom. The molecule has 1 N–H and O–H groups in total. The molecule has 0 aromatic carbocycles. The summed E-state index contributed by atoms with van der Waals surface area (Å²) in [6, 6.07) is 0.0689. The average molecular weight is 240 g/mol. The van der Waals surface area contributed by atoms with Gasteiger partial charge < -0.3 is 15.0 Å². The zero-order valence-corrected chi connectivity index (χ0v) is 10.8. The van der Waals surface area contributed by atoms with Crippen molar-refractivity contribution in [3.05, 3.63) is 0 Å². The summed E-state index contributed by atoms with van der Waals surface area (Å²) in [5.74, 6) is 0.849. The number of likely N-dealkylation sites (tertiary alicyclic amines) is 1. The summed E-state index contributed by atoms with van der Waals surface area (Å²) in [6.07, 6.45) is 4.40. The van der Waals surface area contributed by atoms with Crippen molar-refractivity contribution in [1.29, 1.82) is 0 Å². The van der Waals surface area contributed by atoms with Crippen molar-refractivity contribution in [1.82, 2.24) is 10.2 Å². The fourth-order valence-corrected chi connectivity index (χ4v) is 2.69. The van der Waals surface area contributed by atoms with Gasteiger partial charge in [-0.1, -0.05) is 6.92 Å². The van der Waals surface area contributed by atoms with Gasteiger partial charge in [-0.25, -0.2) is 0 Å². The zero-order valence-electron chi connectivity index (χ0n) is 10.8. The number of ether oxygens (including phenoxy) is 1. The van der Waals surface area contributed by atoms with Crippen LogP contribution in [0.25, 0.3) is 0 Å². The highest BCUT2D eigenvalue weighted by molar-refractivity contribution is 5.83. The first-order valence-electron chi connectivity index (χ1n) is 6.91. The van der Waals surface area contributed by atoms with Crippen LogP contribution in [0.15, 0.2) is 0 Å². The maximum absolute atomic E-state index is 12.1. The Kier molecular flexibility index (Phi) is 4.80. The van der Waals surface area contributed by atoms with Crippen LogP contribution < -0.4 is 5.32 Å². The van der Waals surface area contributed by atoms with Gasteiger partial charge in [0.1, 0.15) is 0 Å². The summed E-state index contributed by atoms with van der Waals surface area (Å²) >= 11 is 0. The lowest BCUT2D eigenvalue weighted by molar-refractivity contribution is -0.130. The van der Waals surface area contributed by atoms with E-state index in [-0.39, 0.29) is 6.04 Å². The van der Waals surface area contributed by atoms with Gasteiger partial charge >= 0.3 is 0 Å². The average Bonchev–Trinajstić information content (AvgIpc) is 2.70. The third kappa shape index (κ3) is 3.42. The molecule has 2 unspecified atom stereocenters. The van der Waals surface area contributed by atoms with Gasteiger partial charge in [-0.2, -0.15) is 0 Å². The summed E-state index contributed by atoms with van der Waals surface area (Å²) in [7, 11) is 0. The predicted octanol–water partition coefficient (Wildman–Crippen LogP) is 1.01. The maximum Gasteiger partial charge on any atom is 0.239 e. The third-order valence-electron chi connectivity index (χ3n) is 3.67. The van der Waals surface area contributed by atoms with Crippen molar-refractivity contribution in [2.45, 2.75) is 38.6 Å². The summed E-state index contributed by atoms with van der Waals surface area (Å²) < 4.78 is 5.47. The second-order valence-electron chi connectivity index (χ2n) is 5.16. The minimum absolute atomic E-state index is 0.0689. The molecule has 1 amide bonds. The van der Waals surface area contributed by atoms with E-state index in [2.05, 4.69) is 12.2 Å². The minimum atomic E-state index is 0.0689. The molecule has 4 heteroatoms. The van der Waals surface area contributed by atoms with Crippen LogP contribution in [0.5, 0.6) is 0 Å². The Morgan fingerprint density at radius 3 is 3.06 bits per heavy atom. The van der Waals surface area contributed by atoms with Gasteiger partial charge in [-0.15, -0.1) is 0 Å². The molecular weight excluding hydrogens is 216 g/mol. The molecular formula is C13H24N2O2. The number of nitrogens with zero attached hydrogens (tertiary/aromatic N) is 1. The normalized spacial score (nSPS) is 29.9. The van der Waals surface area contributed by atoms with Gasteiger partial charge in [0.15, 0.2) is 0 Å². The number of carbonyl (C=O) groups is 1. The first-order chi connectivity index (χ1) is 8.31. The van der Waals surface area contributed by atoms with Crippen LogP contribution in [0, 0.1) is 5.92 Å². The zero-order chi connectivity index (χ0) is 12.1. The van der Waals surface area contributed by atoms with Crippen molar-refractivity contribution in [3.63, 3.8) is 0 Å². The highest BCUT2D eigenvalue weighted by Gasteiger charge is 2.32. The van der Waals surface area contributed by atoms with Crippen LogP contribution in [-0.2, 0) is 9.53 Å². The van der Waals surface area contributed by atoms with Crippen LogP contribution in [0.2, 0.25) is 0 Å². The van der Waals surface area contributed by atoms with Gasteiger partial charge in [-0.05, 0) is 38.1 Å². The fraction of sp³-hybridized carbons (Fsp3) is 0.923. The lowest BCUT2D eigenvalue weighted by Gasteiger charge is -2.27. The molecule has 2 aliphatic heterocycles. The Morgan fingerprint density at radius 1 is 1.47 bits per heavy atom. The second kappa shape index (κ2) is 6.36. The van der Waals surface area contributed by atoms with Crippen molar-refractivity contribution >= 4 is 5.91 Å². The maximum atomic E-state index is 12.1. The van der Waals surface area contributed by atoms with Crippen LogP contribution in [-0.4, -0.2) is 49.7 Å². The van der Waals surface area contributed by atoms with Crippen LogP contribution in [0.3, 0.4) is 0 Å². The van der Waals surface area contributed by atoms with Gasteiger partial charge in [0.25, 0.3) is 0 Å². The fourth-order valence-electron chi connectivity index (χ4n) is 2.69. The number of amides is 1. The molecule has 0 spiro atoms. The number of hydrogen-bond donors (Lipinski definition) is 1. The molecule has 0 aliphatic carbocycles. The SMILES string of the molecule is CCCNC1CCN(CC2CCCOC2)C1=O. The summed E-state index contributed by atoms with van der Waals surface area (Å²) in [6.45, 7) is 6.60. The molecule has 2 aliphatic rings. The molecule has 0 bridgehead atoms. The van der Waals surface area contributed by atoms with E-state index in [4.69, 9.17) is 4.74 Å². The lowest BCUT2D eigenvalue weighted by Crippen LogP contribution is -2.41. The predicted molar refractivity (Wildman–Crippen MR) is 66.8 cm³/mol. The smallest absolute Gasteiger partial charge is 0.239 e. The van der Waals surface area contributed by atoms with E-state index in [0.717, 1.165) is 52.1 Å². The molecule has 2 atom stereocenters. The van der Waals surface area contributed by atoms with Crippen LogP contribution >= 0.6 is 0 Å². The molecule has 0 radical (unpaired) electrons. The molecule has 0 saturated carbocycles. The van der Waals surface area contributed by atoms with E-state index in [1.54, 1.807) is 0 Å². The molecule has 4 nitrogen and oxygen atoms in total. The molecule has 17 heavy (non-hydrogen) atoms. The van der Waals surface area contributed by atoms with Gasteiger partial charge in [-0.3, -0.25) is 4.79 Å². The highest BCUT2D eigenvalue weighted by Crippen LogP contribution is 2.19. The topological polar surface area (TPSA) is 41.6 Å². The van der Waals surface area contributed by atoms with Crippen molar-refractivity contribution in [2.24, 2.45) is 5.92 Å². The minimum Gasteiger partial charge on any atom is -0.381 e. The largest absolute Gasteiger partial charge is 0.381 e. The summed E-state index contributed by atoms with van der Waals surface area (Å²) in [4.78, 5) is 14.1. The first-order valence-corrected chi connectivity index (χ1v) is 6.91. The quantitative estimate of drug-likeness (QED) is 0.780. The second-order valence-corrected chi connectivity index (χ2v) is 5.16. The molecule has 0 aromatic rings. The van der Waals surface area contributed by atoms with Crippen molar-refractivity contribution in [3.8, 4) is 0 Å². The highest BCUT2D eigenvalue weighted by atomic mass is 16.5. The number of hydrogen-bond acceptors (Lipinski definition) is 3. The Labute approximate surface area is 104 Å². The molecule has 2 rings (SSSR count). The number of rotatable bonds is 5. The third-order valence-corrected chi connectivity index (χ3v) is 3.67. The van der Waals surface area contributed by atoms with E-state index >= 15 is 0 Å². The number of carbonyl (C=O) groups excluding carboxylic acids is 1. The van der Waals surface area contributed by atoms with Crippen LogP contribution in [0.1, 0.15) is 32.6 Å². The Bertz CT molecular complexity index is 252. The Hall–Kier alpha value is -0.610. The van der Waals surface area contributed by atoms with E-state index in [1.165, 1.54) is 6.42 Å². The summed E-state index contributed by atoms with van der Waals surface area (Å²) in [5.41, 5.74) is 0. The first kappa shape index (κ1) is 12.8. The van der Waals surface area contributed by atoms with Gasteiger partial charge in [0.2, 0.25) is 5.91 Å².